The van der Waals surface area contributed by atoms with Crippen molar-refractivity contribution in [1.29, 1.82) is 0 Å². The van der Waals surface area contributed by atoms with Crippen molar-refractivity contribution in [2.75, 3.05) is 19.8 Å². The molecule has 19 heavy (non-hydrogen) atoms. The Labute approximate surface area is 119 Å². The van der Waals surface area contributed by atoms with E-state index in [1.807, 2.05) is 12.1 Å². The quantitative estimate of drug-likeness (QED) is 0.651. The Balaban J connectivity index is 3.00. The van der Waals surface area contributed by atoms with Crippen LogP contribution in [0.5, 0.6) is 17.2 Å². The van der Waals surface area contributed by atoms with Gasteiger partial charge in [-0.05, 0) is 30.5 Å². The lowest BCUT2D eigenvalue weighted by Crippen LogP contribution is -2.13. The van der Waals surface area contributed by atoms with Gasteiger partial charge in [0.1, 0.15) is 0 Å². The molecule has 0 amide bonds. The summed E-state index contributed by atoms with van der Waals surface area (Å²) in [6.07, 6.45) is 2.87. The van der Waals surface area contributed by atoms with Gasteiger partial charge < -0.3 is 14.2 Å². The highest BCUT2D eigenvalue weighted by atomic mass is 28.1. The lowest BCUT2D eigenvalue weighted by Gasteiger charge is -2.18. The Bertz CT molecular complexity index is 380. The van der Waals surface area contributed by atoms with E-state index in [4.69, 9.17) is 14.2 Å². The first-order valence-electron chi connectivity index (χ1n) is 7.01. The third-order valence-corrected chi connectivity index (χ3v) is 2.83. The summed E-state index contributed by atoms with van der Waals surface area (Å²) < 4.78 is 17.3. The minimum Gasteiger partial charge on any atom is -0.490 e. The molecule has 0 bridgehead atoms. The second kappa shape index (κ2) is 8.86. The molecule has 1 rings (SSSR count). The van der Waals surface area contributed by atoms with E-state index in [9.17, 15) is 0 Å². The van der Waals surface area contributed by atoms with Crippen LogP contribution in [0.3, 0.4) is 0 Å². The summed E-state index contributed by atoms with van der Waals surface area (Å²) in [7, 11) is 3.57. The number of benzene rings is 1. The number of ether oxygens (including phenoxy) is 3. The topological polar surface area (TPSA) is 27.7 Å². The minimum atomic E-state index is 0.653. The molecule has 1 aromatic carbocycles. The molecule has 0 aliphatic carbocycles. The van der Waals surface area contributed by atoms with Gasteiger partial charge in [-0.3, -0.25) is 0 Å². The monoisotopic (exact) mass is 279 g/mol. The first kappa shape index (κ1) is 15.9. The third-order valence-electron chi connectivity index (χ3n) is 2.44. The molecule has 0 atom stereocenters. The largest absolute Gasteiger partial charge is 0.490 e. The number of hydrogen-bond acceptors (Lipinski definition) is 3. The van der Waals surface area contributed by atoms with Crippen molar-refractivity contribution in [1.82, 2.24) is 0 Å². The van der Waals surface area contributed by atoms with Crippen LogP contribution in [-0.4, -0.2) is 30.1 Å². The molecule has 0 aliphatic heterocycles. The molecule has 0 saturated heterocycles. The van der Waals surface area contributed by atoms with E-state index < -0.39 is 0 Å². The smallest absolute Gasteiger partial charge is 0.203 e. The van der Waals surface area contributed by atoms with Crippen LogP contribution in [-0.2, 0) is 0 Å². The van der Waals surface area contributed by atoms with Gasteiger partial charge in [-0.2, -0.15) is 0 Å². The summed E-state index contributed by atoms with van der Waals surface area (Å²) in [4.78, 5) is 0. The van der Waals surface area contributed by atoms with Gasteiger partial charge in [0.05, 0.1) is 30.1 Å². The van der Waals surface area contributed by atoms with Gasteiger partial charge in [0.25, 0.3) is 0 Å². The molecule has 0 heterocycles. The average Bonchev–Trinajstić information content (AvgIpc) is 2.42. The second-order valence-electron chi connectivity index (χ2n) is 4.31. The number of hydrogen-bond donors (Lipinski definition) is 0. The molecule has 0 N–H and O–H groups in total. The SMILES string of the molecule is CCCOc1ccc([Si])c(OCCC)c1OCCC. The van der Waals surface area contributed by atoms with Crippen molar-refractivity contribution in [3.63, 3.8) is 0 Å². The maximum Gasteiger partial charge on any atom is 0.203 e. The first-order valence-corrected chi connectivity index (χ1v) is 7.51. The summed E-state index contributed by atoms with van der Waals surface area (Å²) in [5.74, 6) is 2.19. The van der Waals surface area contributed by atoms with Crippen LogP contribution in [0, 0.1) is 0 Å². The van der Waals surface area contributed by atoms with Crippen LogP contribution in [0.4, 0.5) is 0 Å². The molecule has 0 aliphatic rings. The highest BCUT2D eigenvalue weighted by Gasteiger charge is 2.15. The fourth-order valence-corrected chi connectivity index (χ4v) is 1.83. The zero-order valence-corrected chi connectivity index (χ0v) is 13.1. The van der Waals surface area contributed by atoms with E-state index in [0.29, 0.717) is 25.6 Å². The van der Waals surface area contributed by atoms with E-state index in [1.54, 1.807) is 0 Å². The van der Waals surface area contributed by atoms with Crippen molar-refractivity contribution in [2.45, 2.75) is 40.0 Å². The van der Waals surface area contributed by atoms with Gasteiger partial charge in [0.15, 0.2) is 11.5 Å². The van der Waals surface area contributed by atoms with E-state index in [0.717, 1.165) is 35.9 Å². The van der Waals surface area contributed by atoms with Crippen LogP contribution in [0.15, 0.2) is 12.1 Å². The van der Waals surface area contributed by atoms with E-state index >= 15 is 0 Å². The van der Waals surface area contributed by atoms with Gasteiger partial charge in [0, 0.05) is 0 Å². The van der Waals surface area contributed by atoms with E-state index in [1.165, 1.54) is 0 Å². The Hall–Kier alpha value is -1.16. The van der Waals surface area contributed by atoms with Gasteiger partial charge in [0.2, 0.25) is 5.75 Å². The Morgan fingerprint density at radius 1 is 0.789 bits per heavy atom. The highest BCUT2D eigenvalue weighted by molar-refractivity contribution is 6.34. The summed E-state index contributed by atoms with van der Waals surface area (Å²) in [6.45, 7) is 8.24. The van der Waals surface area contributed by atoms with Crippen molar-refractivity contribution in [3.05, 3.63) is 12.1 Å². The van der Waals surface area contributed by atoms with Crippen molar-refractivity contribution in [3.8, 4) is 17.2 Å². The fourth-order valence-electron chi connectivity index (χ4n) is 1.56. The van der Waals surface area contributed by atoms with Gasteiger partial charge in [-0.15, -0.1) is 0 Å². The maximum absolute atomic E-state index is 5.81. The van der Waals surface area contributed by atoms with E-state index in [-0.39, 0.29) is 0 Å². The lowest BCUT2D eigenvalue weighted by atomic mass is 10.3. The molecule has 0 aromatic heterocycles. The molecule has 1 aromatic rings. The summed E-state index contributed by atoms with van der Waals surface area (Å²) in [5, 5.41) is 0.892. The molecule has 4 heteroatoms. The highest BCUT2D eigenvalue weighted by Crippen LogP contribution is 2.36. The third kappa shape index (κ3) is 4.78. The second-order valence-corrected chi connectivity index (χ2v) is 4.85. The van der Waals surface area contributed by atoms with E-state index in [2.05, 4.69) is 31.0 Å². The first-order chi connectivity index (χ1) is 9.24. The Morgan fingerprint density at radius 3 is 1.89 bits per heavy atom. The van der Waals surface area contributed by atoms with Crippen molar-refractivity contribution in [2.24, 2.45) is 0 Å². The van der Waals surface area contributed by atoms with Crippen LogP contribution in [0.25, 0.3) is 0 Å². The molecule has 105 valence electrons. The predicted octanol–water partition coefficient (Wildman–Crippen LogP) is 2.85. The standard InChI is InChI=1S/C15H23O3Si/c1-4-9-16-12-7-8-13(19)15(18-11-6-3)14(12)17-10-5-2/h7-8H,4-6,9-11H2,1-3H3. The molecule has 0 spiro atoms. The molecule has 3 radical (unpaired) electrons. The Morgan fingerprint density at radius 2 is 1.32 bits per heavy atom. The number of rotatable bonds is 9. The van der Waals surface area contributed by atoms with Crippen molar-refractivity contribution < 1.29 is 14.2 Å². The maximum atomic E-state index is 5.81. The molecule has 0 unspecified atom stereocenters. The van der Waals surface area contributed by atoms with Gasteiger partial charge in [-0.25, -0.2) is 0 Å². The van der Waals surface area contributed by atoms with Crippen LogP contribution >= 0.6 is 0 Å². The van der Waals surface area contributed by atoms with Crippen LogP contribution in [0.2, 0.25) is 0 Å². The van der Waals surface area contributed by atoms with Gasteiger partial charge >= 0.3 is 0 Å². The molecule has 3 nitrogen and oxygen atoms in total. The lowest BCUT2D eigenvalue weighted by molar-refractivity contribution is 0.244. The molecule has 0 fully saturated rings. The zero-order chi connectivity index (χ0) is 14.1. The van der Waals surface area contributed by atoms with Crippen LogP contribution in [0.1, 0.15) is 40.0 Å². The summed E-state index contributed by atoms with van der Waals surface area (Å²) >= 11 is 0. The summed E-state index contributed by atoms with van der Waals surface area (Å²) in [6, 6.07) is 3.85. The minimum absolute atomic E-state index is 0.653. The van der Waals surface area contributed by atoms with Crippen molar-refractivity contribution >= 4 is 15.4 Å². The average molecular weight is 279 g/mol. The van der Waals surface area contributed by atoms with Gasteiger partial charge in [-0.1, -0.05) is 26.8 Å². The zero-order valence-electron chi connectivity index (χ0n) is 12.1. The van der Waals surface area contributed by atoms with Crippen LogP contribution < -0.4 is 19.4 Å². The normalized spacial score (nSPS) is 10.3. The molecular weight excluding hydrogens is 256 g/mol. The predicted molar refractivity (Wildman–Crippen MR) is 79.2 cm³/mol. The Kier molecular flexibility index (Phi) is 7.41. The molecule has 0 saturated carbocycles. The fraction of sp³-hybridized carbons (Fsp3) is 0.600. The summed E-state index contributed by atoms with van der Waals surface area (Å²) in [5.41, 5.74) is 0. The molecular formula is C15H23O3Si.